The van der Waals surface area contributed by atoms with Crippen LogP contribution in [-0.4, -0.2) is 27.9 Å². The maximum atomic E-state index is 14.1. The van der Waals surface area contributed by atoms with Gasteiger partial charge in [0.1, 0.15) is 16.2 Å². The minimum absolute atomic E-state index is 0.311. The third-order valence-electron chi connectivity index (χ3n) is 4.10. The molecule has 3 heterocycles. The standard InChI is InChI=1S/C17H14FN5O2S/c1-10-2-4-12-16-14(7-20-17(12)22-10)21-9-23(16)8-11-3-5-15(13(18)6-11)26(19,24)25/h2-7,9H,8H2,1H3,(H2,19,24,25). The van der Waals surface area contributed by atoms with Crippen molar-refractivity contribution in [3.63, 3.8) is 0 Å². The number of nitrogens with two attached hydrogens (primary N) is 1. The molecule has 9 heteroatoms. The normalized spacial score (nSPS) is 12.1. The summed E-state index contributed by atoms with van der Waals surface area (Å²) in [5.41, 5.74) is 3.58. The number of primary sulfonamides is 1. The maximum absolute atomic E-state index is 14.1. The monoisotopic (exact) mass is 371 g/mol. The van der Waals surface area contributed by atoms with Crippen molar-refractivity contribution in [3.05, 3.63) is 59.9 Å². The van der Waals surface area contributed by atoms with Crippen LogP contribution in [0.25, 0.3) is 22.1 Å². The Morgan fingerprint density at radius 3 is 2.73 bits per heavy atom. The first-order valence-electron chi connectivity index (χ1n) is 7.71. The summed E-state index contributed by atoms with van der Waals surface area (Å²) in [6.45, 7) is 2.20. The summed E-state index contributed by atoms with van der Waals surface area (Å²) in [7, 11) is -4.09. The van der Waals surface area contributed by atoms with E-state index in [9.17, 15) is 12.8 Å². The number of aromatic nitrogens is 4. The van der Waals surface area contributed by atoms with Gasteiger partial charge in [0.05, 0.1) is 18.0 Å². The van der Waals surface area contributed by atoms with Crippen molar-refractivity contribution < 1.29 is 12.8 Å². The lowest BCUT2D eigenvalue weighted by atomic mass is 10.2. The number of hydrogen-bond acceptors (Lipinski definition) is 5. The summed E-state index contributed by atoms with van der Waals surface area (Å²) < 4.78 is 38.6. The van der Waals surface area contributed by atoms with Crippen LogP contribution in [0.1, 0.15) is 11.3 Å². The Labute approximate surface area is 148 Å². The molecule has 0 aliphatic heterocycles. The van der Waals surface area contributed by atoms with Gasteiger partial charge < -0.3 is 4.57 Å². The van der Waals surface area contributed by atoms with Gasteiger partial charge >= 0.3 is 0 Å². The van der Waals surface area contributed by atoms with Crippen molar-refractivity contribution in [3.8, 4) is 0 Å². The maximum Gasteiger partial charge on any atom is 0.240 e. The lowest BCUT2D eigenvalue weighted by Gasteiger charge is -2.08. The second-order valence-corrected chi connectivity index (χ2v) is 7.53. The molecule has 0 spiro atoms. The molecule has 0 bridgehead atoms. The van der Waals surface area contributed by atoms with E-state index in [0.717, 1.165) is 22.7 Å². The number of rotatable bonds is 3. The molecular weight excluding hydrogens is 357 g/mol. The number of nitrogens with zero attached hydrogens (tertiary/aromatic N) is 4. The molecule has 7 nitrogen and oxygen atoms in total. The first-order chi connectivity index (χ1) is 12.3. The molecule has 0 atom stereocenters. The molecular formula is C17H14FN5O2S. The van der Waals surface area contributed by atoms with Crippen molar-refractivity contribution >= 4 is 32.1 Å². The fourth-order valence-electron chi connectivity index (χ4n) is 2.92. The molecule has 3 aromatic heterocycles. The molecule has 26 heavy (non-hydrogen) atoms. The number of pyridine rings is 2. The summed E-state index contributed by atoms with van der Waals surface area (Å²) in [5.74, 6) is -0.877. The van der Waals surface area contributed by atoms with Crippen molar-refractivity contribution in [1.82, 2.24) is 19.5 Å². The Bertz CT molecular complexity index is 1270. The number of fused-ring (bicyclic) bond motifs is 3. The topological polar surface area (TPSA) is 104 Å². The zero-order valence-corrected chi connectivity index (χ0v) is 14.5. The van der Waals surface area contributed by atoms with Crippen LogP contribution in [-0.2, 0) is 16.6 Å². The largest absolute Gasteiger partial charge is 0.325 e. The first-order valence-corrected chi connectivity index (χ1v) is 9.26. The summed E-state index contributed by atoms with van der Waals surface area (Å²) >= 11 is 0. The summed E-state index contributed by atoms with van der Waals surface area (Å²) in [4.78, 5) is 12.5. The van der Waals surface area contributed by atoms with Gasteiger partial charge in [-0.2, -0.15) is 0 Å². The Morgan fingerprint density at radius 2 is 2.00 bits per heavy atom. The van der Waals surface area contributed by atoms with E-state index < -0.39 is 20.7 Å². The summed E-state index contributed by atoms with van der Waals surface area (Å²) in [6.07, 6.45) is 3.28. The molecule has 132 valence electrons. The van der Waals surface area contributed by atoms with E-state index in [1.807, 2.05) is 23.6 Å². The number of halogens is 1. The third-order valence-corrected chi connectivity index (χ3v) is 5.04. The van der Waals surface area contributed by atoms with Crippen molar-refractivity contribution in [1.29, 1.82) is 0 Å². The molecule has 0 saturated heterocycles. The highest BCUT2D eigenvalue weighted by Crippen LogP contribution is 2.23. The molecule has 4 rings (SSSR count). The van der Waals surface area contributed by atoms with E-state index in [-0.39, 0.29) is 0 Å². The van der Waals surface area contributed by atoms with Crippen LogP contribution in [0.15, 0.2) is 47.8 Å². The molecule has 0 unspecified atom stereocenters. The van der Waals surface area contributed by atoms with Crippen LogP contribution < -0.4 is 5.14 Å². The van der Waals surface area contributed by atoms with E-state index in [2.05, 4.69) is 15.0 Å². The second-order valence-electron chi connectivity index (χ2n) is 6.00. The predicted molar refractivity (Wildman–Crippen MR) is 94.4 cm³/mol. The number of imidazole rings is 1. The lowest BCUT2D eigenvalue weighted by Crippen LogP contribution is -2.14. The highest BCUT2D eigenvalue weighted by atomic mass is 32.2. The molecule has 1 aromatic carbocycles. The van der Waals surface area contributed by atoms with Gasteiger partial charge in [0.2, 0.25) is 10.0 Å². The molecule has 4 aromatic rings. The molecule has 0 amide bonds. The number of sulfonamides is 1. The van der Waals surface area contributed by atoms with E-state index >= 15 is 0 Å². The third kappa shape index (κ3) is 2.80. The Kier molecular flexibility index (Phi) is 3.70. The van der Waals surface area contributed by atoms with Gasteiger partial charge in [-0.25, -0.2) is 32.9 Å². The fraction of sp³-hybridized carbons (Fsp3) is 0.118. The summed E-state index contributed by atoms with van der Waals surface area (Å²) in [6, 6.07) is 7.68. The highest BCUT2D eigenvalue weighted by Gasteiger charge is 2.15. The Morgan fingerprint density at radius 1 is 1.19 bits per heavy atom. The Hall–Kier alpha value is -2.91. The molecule has 0 aliphatic rings. The number of hydrogen-bond donors (Lipinski definition) is 1. The highest BCUT2D eigenvalue weighted by molar-refractivity contribution is 7.89. The van der Waals surface area contributed by atoms with Crippen molar-refractivity contribution in [2.45, 2.75) is 18.4 Å². The molecule has 0 radical (unpaired) electrons. The zero-order chi connectivity index (χ0) is 18.5. The SMILES string of the molecule is Cc1ccc2c(ncc3ncn(Cc4ccc(S(N)(=O)=O)c(F)c4)c32)n1. The number of benzene rings is 1. The van der Waals surface area contributed by atoms with Crippen LogP contribution in [0.3, 0.4) is 0 Å². The van der Waals surface area contributed by atoms with Gasteiger partial charge in [-0.3, -0.25) is 0 Å². The molecule has 0 aliphatic carbocycles. The van der Waals surface area contributed by atoms with Crippen molar-refractivity contribution in [2.75, 3.05) is 0 Å². The van der Waals surface area contributed by atoms with Crippen molar-refractivity contribution in [2.24, 2.45) is 5.14 Å². The van der Waals surface area contributed by atoms with Crippen LogP contribution in [0, 0.1) is 12.7 Å². The number of aryl methyl sites for hydroxylation is 1. The van der Waals surface area contributed by atoms with E-state index in [1.54, 1.807) is 12.5 Å². The van der Waals surface area contributed by atoms with E-state index in [0.29, 0.717) is 23.3 Å². The smallest absolute Gasteiger partial charge is 0.240 e. The van der Waals surface area contributed by atoms with E-state index in [1.165, 1.54) is 12.1 Å². The molecule has 2 N–H and O–H groups in total. The van der Waals surface area contributed by atoms with Gasteiger partial charge in [-0.15, -0.1) is 0 Å². The second kappa shape index (κ2) is 5.82. The first kappa shape index (κ1) is 16.6. The average Bonchev–Trinajstić information content (AvgIpc) is 2.96. The minimum Gasteiger partial charge on any atom is -0.325 e. The lowest BCUT2D eigenvalue weighted by molar-refractivity contribution is 0.566. The van der Waals surface area contributed by atoms with Crippen LogP contribution in [0.2, 0.25) is 0 Å². The average molecular weight is 371 g/mol. The summed E-state index contributed by atoms with van der Waals surface area (Å²) in [5, 5.41) is 5.84. The molecule has 0 saturated carbocycles. The van der Waals surface area contributed by atoms with Gasteiger partial charge in [0.25, 0.3) is 0 Å². The van der Waals surface area contributed by atoms with Gasteiger partial charge in [-0.05, 0) is 36.8 Å². The minimum atomic E-state index is -4.09. The van der Waals surface area contributed by atoms with Gasteiger partial charge in [0.15, 0.2) is 5.65 Å². The van der Waals surface area contributed by atoms with E-state index in [4.69, 9.17) is 5.14 Å². The van der Waals surface area contributed by atoms with Gasteiger partial charge in [-0.1, -0.05) is 6.07 Å². The molecule has 0 fully saturated rings. The van der Waals surface area contributed by atoms with Gasteiger partial charge in [0, 0.05) is 17.6 Å². The Balaban J connectivity index is 1.82. The van der Waals surface area contributed by atoms with Crippen LogP contribution >= 0.6 is 0 Å². The zero-order valence-electron chi connectivity index (χ0n) is 13.7. The quantitative estimate of drug-likeness (QED) is 0.594. The fourth-order valence-corrected chi connectivity index (χ4v) is 3.51. The van der Waals surface area contributed by atoms with Crippen LogP contribution in [0.5, 0.6) is 0 Å². The van der Waals surface area contributed by atoms with Crippen LogP contribution in [0.4, 0.5) is 4.39 Å². The predicted octanol–water partition coefficient (Wildman–Crippen LogP) is 2.12.